The summed E-state index contributed by atoms with van der Waals surface area (Å²) in [4.78, 5) is 3.09. The van der Waals surface area contributed by atoms with Gasteiger partial charge in [-0.05, 0) is 30.5 Å². The van der Waals surface area contributed by atoms with Crippen molar-refractivity contribution in [3.63, 3.8) is 0 Å². The van der Waals surface area contributed by atoms with Crippen LogP contribution in [0.3, 0.4) is 0 Å². The van der Waals surface area contributed by atoms with Crippen LogP contribution in [-0.2, 0) is 9.47 Å². The molecule has 2 rings (SSSR count). The van der Waals surface area contributed by atoms with Gasteiger partial charge in [0.1, 0.15) is 0 Å². The minimum atomic E-state index is -0.261. The minimum absolute atomic E-state index is 0.0728. The SMILES string of the molecule is Cc1cccc(C#C/C(C=[NH+]CC2OCC(C)(C)CO2)=N/N)c1. The highest BCUT2D eigenvalue weighted by Crippen LogP contribution is 2.21. The maximum Gasteiger partial charge on any atom is 0.217 e. The Morgan fingerprint density at radius 3 is 2.83 bits per heavy atom. The Hall–Kier alpha value is -2.16. The number of nitrogens with zero attached hydrogens (tertiary/aromatic N) is 1. The van der Waals surface area contributed by atoms with Gasteiger partial charge in [0.25, 0.3) is 0 Å². The standard InChI is InChI=1S/C18H23N3O2/c1-14-5-4-6-15(9-14)7-8-16(21-19)10-20-11-17-22-12-18(2,3)13-23-17/h4-6,9-10,17H,11-13,19H2,1-3H3/p+1/b20-10?,21-16-. The molecule has 1 aromatic carbocycles. The predicted molar refractivity (Wildman–Crippen MR) is 91.0 cm³/mol. The number of nitrogens with one attached hydrogen (secondary N) is 1. The molecule has 1 fully saturated rings. The molecule has 1 saturated heterocycles. The first kappa shape index (κ1) is 17.2. The largest absolute Gasteiger partial charge is 0.346 e. The monoisotopic (exact) mass is 314 g/mol. The zero-order chi connectivity index (χ0) is 16.7. The van der Waals surface area contributed by atoms with E-state index in [-0.39, 0.29) is 11.7 Å². The maximum atomic E-state index is 5.64. The fraction of sp³-hybridized carbons (Fsp3) is 0.444. The van der Waals surface area contributed by atoms with Crippen molar-refractivity contribution in [3.05, 3.63) is 35.4 Å². The highest BCUT2D eigenvalue weighted by molar-refractivity contribution is 6.36. The Balaban J connectivity index is 1.88. The molecule has 0 aliphatic carbocycles. The summed E-state index contributed by atoms with van der Waals surface area (Å²) in [6, 6.07) is 7.97. The lowest BCUT2D eigenvalue weighted by atomic mass is 9.96. The maximum absolute atomic E-state index is 5.64. The molecule has 0 bridgehead atoms. The van der Waals surface area contributed by atoms with Gasteiger partial charge in [-0.25, -0.2) is 4.99 Å². The highest BCUT2D eigenvalue weighted by atomic mass is 16.7. The fourth-order valence-electron chi connectivity index (χ4n) is 2.06. The average Bonchev–Trinajstić information content (AvgIpc) is 2.52. The summed E-state index contributed by atoms with van der Waals surface area (Å²) in [6.45, 7) is 8.16. The number of hydrazone groups is 1. The van der Waals surface area contributed by atoms with Gasteiger partial charge in [-0.2, -0.15) is 5.10 Å². The molecule has 5 heteroatoms. The zero-order valence-electron chi connectivity index (χ0n) is 13.9. The fourth-order valence-corrected chi connectivity index (χ4v) is 2.06. The van der Waals surface area contributed by atoms with Crippen molar-refractivity contribution in [2.45, 2.75) is 27.1 Å². The van der Waals surface area contributed by atoms with E-state index in [1.165, 1.54) is 5.56 Å². The quantitative estimate of drug-likeness (QED) is 0.363. The van der Waals surface area contributed by atoms with Crippen LogP contribution in [0.15, 0.2) is 29.4 Å². The molecule has 3 N–H and O–H groups in total. The number of rotatable bonds is 3. The molecule has 1 aliphatic rings. The molecule has 122 valence electrons. The van der Waals surface area contributed by atoms with Crippen molar-refractivity contribution in [2.24, 2.45) is 16.4 Å². The molecule has 0 radical (unpaired) electrons. The molecule has 0 amide bonds. The summed E-state index contributed by atoms with van der Waals surface area (Å²) in [5, 5.41) is 3.67. The summed E-state index contributed by atoms with van der Waals surface area (Å²) < 4.78 is 11.3. The summed E-state index contributed by atoms with van der Waals surface area (Å²) in [5.41, 5.74) is 2.65. The van der Waals surface area contributed by atoms with E-state index in [1.54, 1.807) is 6.21 Å². The lowest BCUT2D eigenvalue weighted by Gasteiger charge is -2.32. The summed E-state index contributed by atoms with van der Waals surface area (Å²) in [6.07, 6.45) is 1.41. The van der Waals surface area contributed by atoms with Crippen LogP contribution in [-0.4, -0.2) is 38.0 Å². The smallest absolute Gasteiger partial charge is 0.217 e. The van der Waals surface area contributed by atoms with Gasteiger partial charge in [-0.1, -0.05) is 31.9 Å². The molecule has 1 aromatic rings. The van der Waals surface area contributed by atoms with E-state index < -0.39 is 0 Å². The van der Waals surface area contributed by atoms with E-state index in [0.717, 1.165) is 5.56 Å². The predicted octanol–water partition coefficient (Wildman–Crippen LogP) is 0.212. The first-order chi connectivity index (χ1) is 11.0. The Morgan fingerprint density at radius 1 is 1.43 bits per heavy atom. The molecule has 0 aromatic heterocycles. The summed E-state index contributed by atoms with van der Waals surface area (Å²) in [7, 11) is 0. The van der Waals surface area contributed by atoms with Gasteiger partial charge in [0.05, 0.1) is 13.2 Å². The van der Waals surface area contributed by atoms with E-state index in [4.69, 9.17) is 15.3 Å². The van der Waals surface area contributed by atoms with Crippen molar-refractivity contribution >= 4 is 11.9 Å². The molecule has 23 heavy (non-hydrogen) atoms. The topological polar surface area (TPSA) is 70.8 Å². The van der Waals surface area contributed by atoms with Gasteiger partial charge in [0.15, 0.2) is 18.5 Å². The van der Waals surface area contributed by atoms with Crippen molar-refractivity contribution in [1.82, 2.24) is 0 Å². The van der Waals surface area contributed by atoms with Crippen LogP contribution in [0, 0.1) is 24.2 Å². The highest BCUT2D eigenvalue weighted by Gasteiger charge is 2.29. The van der Waals surface area contributed by atoms with Gasteiger partial charge >= 0.3 is 0 Å². The second-order valence-corrected chi connectivity index (χ2v) is 6.40. The van der Waals surface area contributed by atoms with Crippen molar-refractivity contribution in [3.8, 4) is 11.8 Å². The Morgan fingerprint density at radius 2 is 2.17 bits per heavy atom. The number of hydrogen-bond donors (Lipinski definition) is 2. The third kappa shape index (κ3) is 5.85. The third-order valence-corrected chi connectivity index (χ3v) is 3.34. The lowest BCUT2D eigenvalue weighted by Crippen LogP contribution is -2.74. The average molecular weight is 314 g/mol. The molecular weight excluding hydrogens is 290 g/mol. The first-order valence-corrected chi connectivity index (χ1v) is 7.65. The zero-order valence-corrected chi connectivity index (χ0v) is 13.9. The molecular formula is C18H24N3O2+. The van der Waals surface area contributed by atoms with Crippen molar-refractivity contribution in [1.29, 1.82) is 0 Å². The number of hydrogen-bond acceptors (Lipinski definition) is 4. The normalized spacial score (nSPS) is 18.7. The number of ether oxygens (including phenoxy) is 2. The Kier molecular flexibility index (Phi) is 5.91. The molecule has 5 nitrogen and oxygen atoms in total. The number of nitrogens with two attached hydrogens (primary N) is 1. The lowest BCUT2D eigenvalue weighted by molar-refractivity contribution is -0.485. The van der Waals surface area contributed by atoms with Crippen LogP contribution in [0.25, 0.3) is 0 Å². The Labute approximate surface area is 137 Å². The van der Waals surface area contributed by atoms with Crippen LogP contribution in [0.4, 0.5) is 0 Å². The molecule has 1 aliphatic heterocycles. The van der Waals surface area contributed by atoms with Gasteiger partial charge in [-0.3, -0.25) is 0 Å². The van der Waals surface area contributed by atoms with E-state index in [0.29, 0.717) is 25.5 Å². The van der Waals surface area contributed by atoms with Crippen LogP contribution < -0.4 is 10.8 Å². The third-order valence-electron chi connectivity index (χ3n) is 3.34. The first-order valence-electron chi connectivity index (χ1n) is 7.65. The second-order valence-electron chi connectivity index (χ2n) is 6.40. The molecule has 0 unspecified atom stereocenters. The van der Waals surface area contributed by atoms with Crippen LogP contribution in [0.1, 0.15) is 25.0 Å². The van der Waals surface area contributed by atoms with Crippen LogP contribution in [0.2, 0.25) is 0 Å². The molecule has 1 heterocycles. The summed E-state index contributed by atoms with van der Waals surface area (Å²) >= 11 is 0. The molecule has 0 spiro atoms. The minimum Gasteiger partial charge on any atom is -0.346 e. The van der Waals surface area contributed by atoms with Crippen LogP contribution >= 0.6 is 0 Å². The molecule has 0 atom stereocenters. The van der Waals surface area contributed by atoms with Gasteiger partial charge in [0.2, 0.25) is 6.29 Å². The van der Waals surface area contributed by atoms with Crippen molar-refractivity contribution < 1.29 is 14.5 Å². The van der Waals surface area contributed by atoms with E-state index in [1.807, 2.05) is 31.2 Å². The van der Waals surface area contributed by atoms with Gasteiger partial charge in [-0.15, -0.1) is 0 Å². The number of benzene rings is 1. The van der Waals surface area contributed by atoms with E-state index in [2.05, 4.69) is 35.8 Å². The number of aryl methyl sites for hydroxylation is 1. The molecule has 0 saturated carbocycles. The second kappa shape index (κ2) is 7.91. The van der Waals surface area contributed by atoms with Gasteiger partial charge < -0.3 is 15.3 Å². The van der Waals surface area contributed by atoms with Crippen molar-refractivity contribution in [2.75, 3.05) is 19.8 Å². The Bertz CT molecular complexity index is 644. The summed E-state index contributed by atoms with van der Waals surface area (Å²) in [5.74, 6) is 11.4. The van der Waals surface area contributed by atoms with E-state index in [9.17, 15) is 0 Å². The van der Waals surface area contributed by atoms with Gasteiger partial charge in [0, 0.05) is 11.0 Å². The van der Waals surface area contributed by atoms with Crippen LogP contribution in [0.5, 0.6) is 0 Å². The van der Waals surface area contributed by atoms with E-state index >= 15 is 0 Å².